The van der Waals surface area contributed by atoms with Crippen molar-refractivity contribution in [3.8, 4) is 0 Å². The number of carbonyl (C=O) groups is 1. The number of nitrogens with zero attached hydrogens (tertiary/aromatic N) is 1. The topological polar surface area (TPSA) is 52.6 Å². The van der Waals surface area contributed by atoms with Crippen LogP contribution in [0.2, 0.25) is 0 Å². The zero-order valence-corrected chi connectivity index (χ0v) is 13.9. The van der Waals surface area contributed by atoms with Crippen molar-refractivity contribution in [1.82, 2.24) is 4.90 Å². The van der Waals surface area contributed by atoms with Crippen LogP contribution in [0.4, 0.5) is 14.5 Å². The van der Waals surface area contributed by atoms with E-state index in [1.807, 2.05) is 4.90 Å². The molecule has 2 unspecified atom stereocenters. The van der Waals surface area contributed by atoms with Gasteiger partial charge in [0.05, 0.1) is 12.6 Å². The van der Waals surface area contributed by atoms with Crippen LogP contribution in [0.25, 0.3) is 0 Å². The van der Waals surface area contributed by atoms with Crippen LogP contribution in [0.5, 0.6) is 0 Å². The molecule has 0 aromatic heterocycles. The van der Waals surface area contributed by atoms with E-state index in [1.54, 1.807) is 31.2 Å². The Morgan fingerprint density at radius 2 is 2.09 bits per heavy atom. The number of aliphatic hydroxyl groups is 1. The summed E-state index contributed by atoms with van der Waals surface area (Å²) in [7, 11) is 0. The van der Waals surface area contributed by atoms with Crippen LogP contribution >= 0.6 is 11.8 Å². The highest BCUT2D eigenvalue weighted by atomic mass is 32.2. The maximum atomic E-state index is 12.3. The molecule has 2 rings (SSSR count). The molecule has 1 aromatic carbocycles. The second kappa shape index (κ2) is 8.61. The lowest BCUT2D eigenvalue weighted by Gasteiger charge is -2.36. The smallest absolute Gasteiger partial charge is 0.288 e. The standard InChI is InChI=1S/C16H22F2N2O2S/c1-11(21)14-4-2-3-9-20(14)10-15(22)19-12-5-7-13(8-6-12)23-16(17)18/h5-8,11,14,16,21H,2-4,9-10H2,1H3,(H,19,22). The monoisotopic (exact) mass is 344 g/mol. The first-order valence-corrected chi connectivity index (χ1v) is 8.60. The van der Waals surface area contributed by atoms with E-state index in [4.69, 9.17) is 0 Å². The molecule has 0 aliphatic carbocycles. The van der Waals surface area contributed by atoms with Gasteiger partial charge in [-0.2, -0.15) is 8.78 Å². The average molecular weight is 344 g/mol. The Bertz CT molecular complexity index is 511. The van der Waals surface area contributed by atoms with Crippen molar-refractivity contribution < 1.29 is 18.7 Å². The molecule has 7 heteroatoms. The lowest BCUT2D eigenvalue weighted by Crippen LogP contribution is -2.48. The molecule has 1 aliphatic heterocycles. The minimum Gasteiger partial charge on any atom is -0.392 e. The first-order valence-electron chi connectivity index (χ1n) is 7.72. The summed E-state index contributed by atoms with van der Waals surface area (Å²) in [5, 5.41) is 12.6. The van der Waals surface area contributed by atoms with Crippen molar-refractivity contribution >= 4 is 23.4 Å². The molecule has 1 aromatic rings. The third-order valence-electron chi connectivity index (χ3n) is 3.93. The molecule has 1 amide bonds. The van der Waals surface area contributed by atoms with Crippen molar-refractivity contribution in [1.29, 1.82) is 0 Å². The summed E-state index contributed by atoms with van der Waals surface area (Å²) < 4.78 is 24.5. The number of halogens is 2. The fourth-order valence-corrected chi connectivity index (χ4v) is 3.36. The largest absolute Gasteiger partial charge is 0.392 e. The van der Waals surface area contributed by atoms with Crippen LogP contribution in [0.3, 0.4) is 0 Å². The second-order valence-electron chi connectivity index (χ2n) is 5.73. The van der Waals surface area contributed by atoms with Crippen LogP contribution in [-0.4, -0.2) is 46.9 Å². The quantitative estimate of drug-likeness (QED) is 0.779. The van der Waals surface area contributed by atoms with E-state index >= 15 is 0 Å². The highest BCUT2D eigenvalue weighted by molar-refractivity contribution is 7.99. The molecule has 1 fully saturated rings. The molecule has 4 nitrogen and oxygen atoms in total. The summed E-state index contributed by atoms with van der Waals surface area (Å²) in [6.07, 6.45) is 2.52. The highest BCUT2D eigenvalue weighted by Crippen LogP contribution is 2.26. The van der Waals surface area contributed by atoms with Crippen LogP contribution in [0.1, 0.15) is 26.2 Å². The van der Waals surface area contributed by atoms with Gasteiger partial charge < -0.3 is 10.4 Å². The molecular formula is C16H22F2N2O2S. The van der Waals surface area contributed by atoms with Crippen LogP contribution < -0.4 is 5.32 Å². The van der Waals surface area contributed by atoms with Gasteiger partial charge >= 0.3 is 0 Å². The zero-order chi connectivity index (χ0) is 16.8. The number of nitrogens with one attached hydrogen (secondary N) is 1. The molecule has 2 atom stereocenters. The van der Waals surface area contributed by atoms with E-state index in [0.29, 0.717) is 22.3 Å². The summed E-state index contributed by atoms with van der Waals surface area (Å²) in [5.74, 6) is -2.61. The summed E-state index contributed by atoms with van der Waals surface area (Å²) in [6.45, 7) is 2.77. The van der Waals surface area contributed by atoms with E-state index in [1.165, 1.54) is 0 Å². The van der Waals surface area contributed by atoms with E-state index < -0.39 is 11.9 Å². The van der Waals surface area contributed by atoms with Gasteiger partial charge in [0.1, 0.15) is 0 Å². The van der Waals surface area contributed by atoms with E-state index in [-0.39, 0.29) is 18.5 Å². The molecule has 0 spiro atoms. The summed E-state index contributed by atoms with van der Waals surface area (Å²) >= 11 is 0.476. The number of likely N-dealkylation sites (tertiary alicyclic amines) is 1. The number of rotatable bonds is 6. The lowest BCUT2D eigenvalue weighted by molar-refractivity contribution is -0.118. The number of alkyl halides is 2. The minimum absolute atomic E-state index is 0.0133. The van der Waals surface area contributed by atoms with Crippen molar-refractivity contribution in [2.75, 3.05) is 18.4 Å². The summed E-state index contributed by atoms with van der Waals surface area (Å²) in [4.78, 5) is 14.6. The summed E-state index contributed by atoms with van der Waals surface area (Å²) in [6, 6.07) is 6.37. The van der Waals surface area contributed by atoms with Gasteiger partial charge in [-0.15, -0.1) is 0 Å². The molecule has 0 saturated carbocycles. The molecule has 128 valence electrons. The lowest BCUT2D eigenvalue weighted by atomic mass is 9.98. The fraction of sp³-hybridized carbons (Fsp3) is 0.562. The molecule has 0 bridgehead atoms. The van der Waals surface area contributed by atoms with Crippen molar-refractivity contribution in [2.45, 2.75) is 49.0 Å². The predicted molar refractivity (Wildman–Crippen MR) is 87.8 cm³/mol. The normalized spacial score (nSPS) is 20.5. The third kappa shape index (κ3) is 5.75. The van der Waals surface area contributed by atoms with E-state index in [9.17, 15) is 18.7 Å². The minimum atomic E-state index is -2.45. The molecule has 1 aliphatic rings. The maximum absolute atomic E-state index is 12.3. The number of hydrogen-bond donors (Lipinski definition) is 2. The molecule has 2 N–H and O–H groups in total. The molecule has 1 saturated heterocycles. The Balaban J connectivity index is 1.88. The Hall–Kier alpha value is -1.18. The number of piperidine rings is 1. The fourth-order valence-electron chi connectivity index (χ4n) is 2.86. The second-order valence-corrected chi connectivity index (χ2v) is 6.79. The van der Waals surface area contributed by atoms with Gasteiger partial charge in [-0.3, -0.25) is 9.69 Å². The Morgan fingerprint density at radius 3 is 2.70 bits per heavy atom. The molecule has 1 heterocycles. The van der Waals surface area contributed by atoms with Crippen LogP contribution in [0.15, 0.2) is 29.2 Å². The van der Waals surface area contributed by atoms with Gasteiger partial charge in [-0.05, 0) is 50.6 Å². The van der Waals surface area contributed by atoms with Crippen LogP contribution in [0, 0.1) is 0 Å². The zero-order valence-electron chi connectivity index (χ0n) is 13.0. The number of benzene rings is 1. The first-order chi connectivity index (χ1) is 11.0. The van der Waals surface area contributed by atoms with Gasteiger partial charge in [-0.25, -0.2) is 0 Å². The van der Waals surface area contributed by atoms with Gasteiger partial charge in [-0.1, -0.05) is 18.2 Å². The molecular weight excluding hydrogens is 322 g/mol. The molecule has 23 heavy (non-hydrogen) atoms. The third-order valence-corrected chi connectivity index (χ3v) is 4.65. The van der Waals surface area contributed by atoms with Crippen molar-refractivity contribution in [3.05, 3.63) is 24.3 Å². The number of carbonyl (C=O) groups excluding carboxylic acids is 1. The molecule has 0 radical (unpaired) electrons. The van der Waals surface area contributed by atoms with Gasteiger partial charge in [0.25, 0.3) is 5.76 Å². The number of amides is 1. The number of anilines is 1. The van der Waals surface area contributed by atoms with E-state index in [0.717, 1.165) is 25.8 Å². The number of hydrogen-bond acceptors (Lipinski definition) is 4. The van der Waals surface area contributed by atoms with E-state index in [2.05, 4.69) is 5.32 Å². The van der Waals surface area contributed by atoms with Gasteiger partial charge in [0.2, 0.25) is 5.91 Å². The highest BCUT2D eigenvalue weighted by Gasteiger charge is 2.27. The number of aliphatic hydroxyl groups excluding tert-OH is 1. The van der Waals surface area contributed by atoms with Gasteiger partial charge in [0, 0.05) is 16.6 Å². The maximum Gasteiger partial charge on any atom is 0.288 e. The first kappa shape index (κ1) is 18.2. The Labute approximate surface area is 139 Å². The van der Waals surface area contributed by atoms with Crippen molar-refractivity contribution in [3.63, 3.8) is 0 Å². The SMILES string of the molecule is CC(O)C1CCCCN1CC(=O)Nc1ccc(SC(F)F)cc1. The number of thioether (sulfide) groups is 1. The predicted octanol–water partition coefficient (Wildman–Crippen LogP) is 3.18. The van der Waals surface area contributed by atoms with Gasteiger partial charge in [0.15, 0.2) is 0 Å². The Morgan fingerprint density at radius 1 is 1.39 bits per heavy atom. The van der Waals surface area contributed by atoms with Crippen LogP contribution in [-0.2, 0) is 4.79 Å². The van der Waals surface area contributed by atoms with Crippen molar-refractivity contribution in [2.24, 2.45) is 0 Å². The summed E-state index contributed by atoms with van der Waals surface area (Å²) in [5.41, 5.74) is 0.583. The Kier molecular flexibility index (Phi) is 6.80. The average Bonchev–Trinajstić information content (AvgIpc) is 2.49.